The quantitative estimate of drug-likeness (QED) is 0.359. The van der Waals surface area contributed by atoms with Gasteiger partial charge in [0.15, 0.2) is 5.82 Å². The average Bonchev–Trinajstić information content (AvgIpc) is 2.96. The summed E-state index contributed by atoms with van der Waals surface area (Å²) in [6.45, 7) is 2.04. The first-order valence-electron chi connectivity index (χ1n) is 12.8. The molecule has 1 aliphatic rings. The van der Waals surface area contributed by atoms with Crippen LogP contribution in [0.3, 0.4) is 0 Å². The predicted octanol–water partition coefficient (Wildman–Crippen LogP) is 4.43. The van der Waals surface area contributed by atoms with Gasteiger partial charge >= 0.3 is 5.97 Å². The van der Waals surface area contributed by atoms with Gasteiger partial charge in [-0.2, -0.15) is 8.78 Å². The molecule has 0 amide bonds. The molecule has 1 aliphatic heterocycles. The number of halogens is 2. The molecule has 9 nitrogen and oxygen atoms in total. The maximum atomic E-state index is 14.5. The van der Waals surface area contributed by atoms with Gasteiger partial charge in [0.05, 0.1) is 31.3 Å². The molecule has 2 aromatic carbocycles. The maximum Gasteiger partial charge on any atom is 0.308 e. The van der Waals surface area contributed by atoms with Crippen molar-refractivity contribution in [1.82, 2.24) is 9.97 Å². The molecule has 1 aromatic heterocycles. The highest BCUT2D eigenvalue weighted by Crippen LogP contribution is 2.38. The van der Waals surface area contributed by atoms with Crippen LogP contribution in [0.25, 0.3) is 10.9 Å². The van der Waals surface area contributed by atoms with Gasteiger partial charge in [0, 0.05) is 43.3 Å². The van der Waals surface area contributed by atoms with E-state index in [1.807, 2.05) is 13.0 Å². The smallest absolute Gasteiger partial charge is 0.308 e. The van der Waals surface area contributed by atoms with Gasteiger partial charge in [0.1, 0.15) is 24.8 Å². The summed E-state index contributed by atoms with van der Waals surface area (Å²) in [6.07, 6.45) is 1.31. The molecule has 0 saturated carbocycles. The first-order valence-corrected chi connectivity index (χ1v) is 12.8. The van der Waals surface area contributed by atoms with Gasteiger partial charge in [0.25, 0.3) is 5.92 Å². The summed E-state index contributed by atoms with van der Waals surface area (Å²) in [4.78, 5) is 23.1. The van der Waals surface area contributed by atoms with Crippen molar-refractivity contribution in [1.29, 1.82) is 0 Å². The van der Waals surface area contributed by atoms with Crippen molar-refractivity contribution in [2.75, 3.05) is 51.2 Å². The highest BCUT2D eigenvalue weighted by molar-refractivity contribution is 5.94. The third kappa shape index (κ3) is 6.20. The summed E-state index contributed by atoms with van der Waals surface area (Å²) in [5.74, 6) is -2.19. The number of anilines is 2. The lowest BCUT2D eigenvalue weighted by Crippen LogP contribution is -2.36. The van der Waals surface area contributed by atoms with E-state index in [9.17, 15) is 18.7 Å². The van der Waals surface area contributed by atoms with E-state index in [-0.39, 0.29) is 29.9 Å². The molecule has 210 valence electrons. The molecule has 0 aliphatic carbocycles. The van der Waals surface area contributed by atoms with Gasteiger partial charge in [-0.15, -0.1) is 0 Å². The van der Waals surface area contributed by atoms with Gasteiger partial charge in [-0.1, -0.05) is 18.2 Å². The molecule has 0 bridgehead atoms. The fourth-order valence-electron chi connectivity index (χ4n) is 4.90. The summed E-state index contributed by atoms with van der Waals surface area (Å²) in [5.41, 5.74) is 1.89. The number of piperidine rings is 1. The van der Waals surface area contributed by atoms with Crippen LogP contribution in [0.4, 0.5) is 20.3 Å². The number of rotatable bonds is 10. The Bertz CT molecular complexity index is 1310. The molecule has 0 radical (unpaired) electrons. The van der Waals surface area contributed by atoms with Crippen molar-refractivity contribution in [2.24, 2.45) is 5.92 Å². The average molecular weight is 545 g/mol. The predicted molar refractivity (Wildman–Crippen MR) is 143 cm³/mol. The van der Waals surface area contributed by atoms with E-state index in [0.29, 0.717) is 54.0 Å². The standard InChI is InChI=1S/C28H34F2N4O5/c1-17(19-6-5-7-20(12-19)28(29,30)16-37-2)31-26-21-13-23(34-10-8-18(9-11-34)27(36)39-4)24(38-3)14-22(21)32-25(15-35)33-26/h5-7,12-14,17-18,35H,8-11,15-16H2,1-4H3,(H,31,32,33)/t17-/m1/s1. The summed E-state index contributed by atoms with van der Waals surface area (Å²) >= 11 is 0. The number of carbonyl (C=O) groups is 1. The van der Waals surface area contributed by atoms with Crippen LogP contribution in [0.1, 0.15) is 42.8 Å². The molecule has 0 unspecified atom stereocenters. The van der Waals surface area contributed by atoms with E-state index in [2.05, 4.69) is 20.2 Å². The number of aromatic nitrogens is 2. The molecule has 3 aromatic rings. The van der Waals surface area contributed by atoms with Crippen LogP contribution >= 0.6 is 0 Å². The fourth-order valence-corrected chi connectivity index (χ4v) is 4.90. The van der Waals surface area contributed by atoms with Crippen molar-refractivity contribution in [3.05, 3.63) is 53.3 Å². The van der Waals surface area contributed by atoms with E-state index in [1.54, 1.807) is 25.3 Å². The van der Waals surface area contributed by atoms with E-state index < -0.39 is 18.6 Å². The van der Waals surface area contributed by atoms with E-state index in [4.69, 9.17) is 14.2 Å². The van der Waals surface area contributed by atoms with Crippen LogP contribution in [-0.4, -0.2) is 62.1 Å². The van der Waals surface area contributed by atoms with Crippen molar-refractivity contribution in [3.8, 4) is 5.75 Å². The van der Waals surface area contributed by atoms with Crippen LogP contribution in [0.2, 0.25) is 0 Å². The number of carbonyl (C=O) groups excluding carboxylic acids is 1. The lowest BCUT2D eigenvalue weighted by Gasteiger charge is -2.33. The van der Waals surface area contributed by atoms with Crippen molar-refractivity contribution >= 4 is 28.4 Å². The minimum absolute atomic E-state index is 0.138. The zero-order valence-corrected chi connectivity index (χ0v) is 22.5. The second-order valence-electron chi connectivity index (χ2n) is 9.60. The molecule has 2 heterocycles. The van der Waals surface area contributed by atoms with Crippen LogP contribution in [0.15, 0.2) is 36.4 Å². The number of hydrogen-bond donors (Lipinski definition) is 2. The number of nitrogens with zero attached hydrogens (tertiary/aromatic N) is 3. The summed E-state index contributed by atoms with van der Waals surface area (Å²) < 4.78 is 44.2. The summed E-state index contributed by atoms with van der Waals surface area (Å²) in [7, 11) is 4.22. The number of aliphatic hydroxyl groups excluding tert-OH is 1. The second kappa shape index (κ2) is 12.1. The van der Waals surface area contributed by atoms with Gasteiger partial charge in [-0.25, -0.2) is 9.97 Å². The number of benzene rings is 2. The van der Waals surface area contributed by atoms with Crippen molar-refractivity contribution in [3.63, 3.8) is 0 Å². The van der Waals surface area contributed by atoms with Gasteiger partial charge < -0.3 is 29.5 Å². The first-order chi connectivity index (χ1) is 18.7. The normalized spacial score (nSPS) is 15.3. The van der Waals surface area contributed by atoms with Crippen LogP contribution in [0, 0.1) is 5.92 Å². The van der Waals surface area contributed by atoms with Crippen molar-refractivity contribution < 1.29 is 32.9 Å². The van der Waals surface area contributed by atoms with E-state index in [1.165, 1.54) is 26.4 Å². The maximum absolute atomic E-state index is 14.5. The van der Waals surface area contributed by atoms with Crippen LogP contribution in [0.5, 0.6) is 5.75 Å². The number of hydrogen-bond acceptors (Lipinski definition) is 9. The van der Waals surface area contributed by atoms with E-state index in [0.717, 1.165) is 5.69 Å². The zero-order valence-electron chi connectivity index (χ0n) is 22.5. The van der Waals surface area contributed by atoms with Crippen molar-refractivity contribution in [2.45, 2.75) is 38.3 Å². The minimum atomic E-state index is -3.12. The number of methoxy groups -OCH3 is 3. The molecule has 4 rings (SSSR count). The molecule has 2 N–H and O–H groups in total. The Morgan fingerprint density at radius 2 is 1.92 bits per heavy atom. The van der Waals surface area contributed by atoms with Gasteiger partial charge in [-0.3, -0.25) is 4.79 Å². The Balaban J connectivity index is 1.68. The largest absolute Gasteiger partial charge is 0.495 e. The fraction of sp³-hybridized carbons (Fsp3) is 0.464. The minimum Gasteiger partial charge on any atom is -0.495 e. The summed E-state index contributed by atoms with van der Waals surface area (Å²) in [6, 6.07) is 9.50. The molecular weight excluding hydrogens is 510 g/mol. The number of aliphatic hydroxyl groups is 1. The van der Waals surface area contributed by atoms with Gasteiger partial charge in [-0.05, 0) is 37.5 Å². The lowest BCUT2D eigenvalue weighted by atomic mass is 9.96. The van der Waals surface area contributed by atoms with Gasteiger partial charge in [0.2, 0.25) is 0 Å². The third-order valence-corrected chi connectivity index (χ3v) is 7.04. The zero-order chi connectivity index (χ0) is 28.2. The molecule has 39 heavy (non-hydrogen) atoms. The Hall–Kier alpha value is -3.57. The molecule has 0 spiro atoms. The number of alkyl halides is 2. The Morgan fingerprint density at radius 1 is 1.18 bits per heavy atom. The molecule has 1 fully saturated rings. The Kier molecular flexibility index (Phi) is 8.81. The highest BCUT2D eigenvalue weighted by atomic mass is 19.3. The topological polar surface area (TPSA) is 106 Å². The third-order valence-electron chi connectivity index (χ3n) is 7.04. The second-order valence-corrected chi connectivity index (χ2v) is 9.60. The summed E-state index contributed by atoms with van der Waals surface area (Å²) in [5, 5.41) is 13.8. The Labute approximate surface area is 226 Å². The number of fused-ring (bicyclic) bond motifs is 1. The molecule has 1 atom stereocenters. The highest BCUT2D eigenvalue weighted by Gasteiger charge is 2.32. The number of ether oxygens (including phenoxy) is 3. The number of esters is 1. The Morgan fingerprint density at radius 3 is 2.56 bits per heavy atom. The lowest BCUT2D eigenvalue weighted by molar-refractivity contribution is -0.146. The number of nitrogens with one attached hydrogen (secondary N) is 1. The SMILES string of the molecule is COCC(F)(F)c1cccc([C@@H](C)Nc2nc(CO)nc3cc(OC)c(N4CCC(C(=O)OC)CC4)cc23)c1. The molecular formula is C28H34F2N4O5. The monoisotopic (exact) mass is 544 g/mol. The molecule has 1 saturated heterocycles. The van der Waals surface area contributed by atoms with Crippen LogP contribution < -0.4 is 15.0 Å². The van der Waals surface area contributed by atoms with E-state index >= 15 is 0 Å². The van der Waals surface area contributed by atoms with Crippen LogP contribution in [-0.2, 0) is 26.8 Å². The first kappa shape index (κ1) is 28.4. The molecule has 11 heteroatoms.